The van der Waals surface area contributed by atoms with Crippen LogP contribution in [0.25, 0.3) is 0 Å². The normalized spacial score (nSPS) is 22.9. The van der Waals surface area contributed by atoms with Gasteiger partial charge in [-0.3, -0.25) is 15.0 Å². The molecule has 2 atom stereocenters. The molecule has 140 valence electrons. The first-order chi connectivity index (χ1) is 13.1. The monoisotopic (exact) mass is 364 g/mol. The van der Waals surface area contributed by atoms with Crippen LogP contribution in [0.1, 0.15) is 17.2 Å². The number of benzene rings is 2. The van der Waals surface area contributed by atoms with Crippen LogP contribution in [0, 0.1) is 12.8 Å². The summed E-state index contributed by atoms with van der Waals surface area (Å²) in [6, 6.07) is 17.8. The Bertz CT molecular complexity index is 822. The molecule has 27 heavy (non-hydrogen) atoms. The first kappa shape index (κ1) is 17.7. The number of anilines is 1. The standard InChI is InChI=1S/C21H24N4O2/c1-15-7-9-17(10-8-15)25-12-11-24(14-19(25)26)21(27)18-13-22-23-20(18)16-5-3-2-4-6-16/h2-10,18,20,22-23H,11-14H2,1H3. The SMILES string of the molecule is Cc1ccc(N2CCN(C(=O)C3CNNC3c3ccccc3)CC2=O)cc1. The van der Waals surface area contributed by atoms with Crippen molar-refractivity contribution in [3.8, 4) is 0 Å². The van der Waals surface area contributed by atoms with Gasteiger partial charge in [0.25, 0.3) is 0 Å². The Morgan fingerprint density at radius 3 is 2.48 bits per heavy atom. The van der Waals surface area contributed by atoms with Gasteiger partial charge in [0.05, 0.1) is 12.0 Å². The van der Waals surface area contributed by atoms with Crippen molar-refractivity contribution >= 4 is 17.5 Å². The van der Waals surface area contributed by atoms with Gasteiger partial charge in [-0.25, -0.2) is 5.43 Å². The minimum Gasteiger partial charge on any atom is -0.331 e. The molecule has 2 N–H and O–H groups in total. The van der Waals surface area contributed by atoms with Crippen LogP contribution in [0.4, 0.5) is 5.69 Å². The second kappa shape index (κ2) is 7.50. The number of carbonyl (C=O) groups is 2. The molecule has 2 aliphatic heterocycles. The minimum absolute atomic E-state index is 0.0262. The fourth-order valence-electron chi connectivity index (χ4n) is 3.80. The highest BCUT2D eigenvalue weighted by molar-refractivity contribution is 5.98. The van der Waals surface area contributed by atoms with Gasteiger partial charge in [-0.05, 0) is 24.6 Å². The first-order valence-electron chi connectivity index (χ1n) is 9.32. The topological polar surface area (TPSA) is 64.7 Å². The van der Waals surface area contributed by atoms with E-state index in [2.05, 4.69) is 10.9 Å². The van der Waals surface area contributed by atoms with Gasteiger partial charge in [-0.2, -0.15) is 0 Å². The summed E-state index contributed by atoms with van der Waals surface area (Å²) in [5, 5.41) is 0. The van der Waals surface area contributed by atoms with Crippen LogP contribution in [-0.4, -0.2) is 42.9 Å². The molecule has 0 aliphatic carbocycles. The summed E-state index contributed by atoms with van der Waals surface area (Å²) in [5.41, 5.74) is 9.43. The number of rotatable bonds is 3. The largest absolute Gasteiger partial charge is 0.331 e. The van der Waals surface area contributed by atoms with E-state index in [0.717, 1.165) is 16.8 Å². The van der Waals surface area contributed by atoms with E-state index in [1.54, 1.807) is 9.80 Å². The average Bonchev–Trinajstić information content (AvgIpc) is 3.19. The van der Waals surface area contributed by atoms with Crippen molar-refractivity contribution in [3.05, 3.63) is 65.7 Å². The zero-order valence-electron chi connectivity index (χ0n) is 15.4. The van der Waals surface area contributed by atoms with E-state index in [1.165, 1.54) is 0 Å². The zero-order chi connectivity index (χ0) is 18.8. The van der Waals surface area contributed by atoms with Crippen molar-refractivity contribution in [2.45, 2.75) is 13.0 Å². The van der Waals surface area contributed by atoms with Crippen molar-refractivity contribution in [1.29, 1.82) is 0 Å². The highest BCUT2D eigenvalue weighted by Gasteiger charge is 2.38. The van der Waals surface area contributed by atoms with Crippen molar-refractivity contribution < 1.29 is 9.59 Å². The third kappa shape index (κ3) is 3.59. The van der Waals surface area contributed by atoms with E-state index in [9.17, 15) is 9.59 Å². The molecular formula is C21H24N4O2. The fraction of sp³-hybridized carbons (Fsp3) is 0.333. The Labute approximate surface area is 159 Å². The summed E-state index contributed by atoms with van der Waals surface area (Å²) in [6.07, 6.45) is 0. The summed E-state index contributed by atoms with van der Waals surface area (Å²) in [7, 11) is 0. The van der Waals surface area contributed by atoms with Gasteiger partial charge in [0.15, 0.2) is 0 Å². The first-order valence-corrected chi connectivity index (χ1v) is 9.32. The molecule has 4 rings (SSSR count). The minimum atomic E-state index is -0.217. The Morgan fingerprint density at radius 1 is 1.04 bits per heavy atom. The van der Waals surface area contributed by atoms with Crippen molar-refractivity contribution in [2.24, 2.45) is 5.92 Å². The average molecular weight is 364 g/mol. The number of hydrogen-bond acceptors (Lipinski definition) is 4. The second-order valence-electron chi connectivity index (χ2n) is 7.16. The molecule has 0 saturated carbocycles. The van der Waals surface area contributed by atoms with Gasteiger partial charge in [0.1, 0.15) is 6.54 Å². The van der Waals surface area contributed by atoms with E-state index in [4.69, 9.17) is 0 Å². The maximum absolute atomic E-state index is 13.1. The van der Waals surface area contributed by atoms with Gasteiger partial charge in [-0.15, -0.1) is 0 Å². The summed E-state index contributed by atoms with van der Waals surface area (Å²) < 4.78 is 0. The third-order valence-corrected chi connectivity index (χ3v) is 5.34. The van der Waals surface area contributed by atoms with Gasteiger partial charge >= 0.3 is 0 Å². The van der Waals surface area contributed by atoms with E-state index in [-0.39, 0.29) is 30.3 Å². The number of aryl methyl sites for hydroxylation is 1. The Hall–Kier alpha value is -2.70. The van der Waals surface area contributed by atoms with E-state index >= 15 is 0 Å². The lowest BCUT2D eigenvalue weighted by molar-refractivity contribution is -0.140. The highest BCUT2D eigenvalue weighted by Crippen LogP contribution is 2.27. The quantitative estimate of drug-likeness (QED) is 0.869. The second-order valence-corrected chi connectivity index (χ2v) is 7.16. The lowest BCUT2D eigenvalue weighted by Gasteiger charge is -2.36. The van der Waals surface area contributed by atoms with Gasteiger partial charge < -0.3 is 9.80 Å². The van der Waals surface area contributed by atoms with Crippen molar-refractivity contribution in [2.75, 3.05) is 31.1 Å². The summed E-state index contributed by atoms with van der Waals surface area (Å²) in [4.78, 5) is 29.2. The summed E-state index contributed by atoms with van der Waals surface area (Å²) >= 11 is 0. The van der Waals surface area contributed by atoms with Crippen LogP contribution in [0.5, 0.6) is 0 Å². The predicted octanol–water partition coefficient (Wildman–Crippen LogP) is 1.64. The number of nitrogens with one attached hydrogen (secondary N) is 2. The molecule has 2 aromatic rings. The van der Waals surface area contributed by atoms with Gasteiger partial charge in [0.2, 0.25) is 11.8 Å². The van der Waals surface area contributed by atoms with E-state index in [1.807, 2.05) is 61.5 Å². The number of hydrazine groups is 1. The molecule has 0 aromatic heterocycles. The summed E-state index contributed by atoms with van der Waals surface area (Å²) in [6.45, 7) is 3.79. The number of hydrogen-bond donors (Lipinski definition) is 2. The Balaban J connectivity index is 1.44. The zero-order valence-corrected chi connectivity index (χ0v) is 15.4. The molecule has 0 spiro atoms. The van der Waals surface area contributed by atoms with Crippen LogP contribution < -0.4 is 15.8 Å². The molecule has 0 bridgehead atoms. The number of amides is 2. The lowest BCUT2D eigenvalue weighted by atomic mass is 9.93. The van der Waals surface area contributed by atoms with Gasteiger partial charge in [0, 0.05) is 25.3 Å². The van der Waals surface area contributed by atoms with Crippen LogP contribution in [0.3, 0.4) is 0 Å². The Morgan fingerprint density at radius 2 is 1.78 bits per heavy atom. The highest BCUT2D eigenvalue weighted by atomic mass is 16.2. The predicted molar refractivity (Wildman–Crippen MR) is 104 cm³/mol. The number of nitrogens with zero attached hydrogens (tertiary/aromatic N) is 2. The molecule has 6 nitrogen and oxygen atoms in total. The van der Waals surface area contributed by atoms with Crippen molar-refractivity contribution in [3.63, 3.8) is 0 Å². The maximum Gasteiger partial charge on any atom is 0.246 e. The molecule has 2 saturated heterocycles. The number of piperazine rings is 1. The smallest absolute Gasteiger partial charge is 0.246 e. The van der Waals surface area contributed by atoms with Crippen LogP contribution >= 0.6 is 0 Å². The molecule has 6 heteroatoms. The van der Waals surface area contributed by atoms with E-state index < -0.39 is 0 Å². The van der Waals surface area contributed by atoms with Crippen LogP contribution in [-0.2, 0) is 9.59 Å². The summed E-state index contributed by atoms with van der Waals surface area (Å²) in [5.74, 6) is -0.224. The molecular weight excluding hydrogens is 340 g/mol. The molecule has 2 aromatic carbocycles. The van der Waals surface area contributed by atoms with Crippen molar-refractivity contribution in [1.82, 2.24) is 15.8 Å². The molecule has 2 fully saturated rings. The maximum atomic E-state index is 13.1. The molecule has 2 heterocycles. The van der Waals surface area contributed by atoms with Crippen LogP contribution in [0.15, 0.2) is 54.6 Å². The van der Waals surface area contributed by atoms with E-state index in [0.29, 0.717) is 19.6 Å². The molecule has 2 unspecified atom stereocenters. The van der Waals surface area contributed by atoms with Crippen LogP contribution in [0.2, 0.25) is 0 Å². The third-order valence-electron chi connectivity index (χ3n) is 5.34. The molecule has 2 amide bonds. The number of carbonyl (C=O) groups excluding carboxylic acids is 2. The molecule has 2 aliphatic rings. The molecule has 0 radical (unpaired) electrons. The fourth-order valence-corrected chi connectivity index (χ4v) is 3.80. The Kier molecular flexibility index (Phi) is 4.92. The van der Waals surface area contributed by atoms with Gasteiger partial charge in [-0.1, -0.05) is 48.0 Å². The lowest BCUT2D eigenvalue weighted by Crippen LogP contribution is -2.54.